The summed E-state index contributed by atoms with van der Waals surface area (Å²) in [5.41, 5.74) is 2.06. The van der Waals surface area contributed by atoms with E-state index in [0.717, 1.165) is 5.56 Å². The molecule has 2 aromatic rings. The van der Waals surface area contributed by atoms with Crippen molar-refractivity contribution in [3.63, 3.8) is 0 Å². The normalized spacial score (nSPS) is 12.2. The van der Waals surface area contributed by atoms with E-state index < -0.39 is 0 Å². The van der Waals surface area contributed by atoms with E-state index in [-0.39, 0.29) is 17.7 Å². The van der Waals surface area contributed by atoms with E-state index in [2.05, 4.69) is 5.32 Å². The zero-order valence-electron chi connectivity index (χ0n) is 10.4. The van der Waals surface area contributed by atoms with E-state index in [4.69, 9.17) is 0 Å². The van der Waals surface area contributed by atoms with Crippen molar-refractivity contribution in [1.29, 1.82) is 0 Å². The molecule has 3 heteroatoms. The van der Waals surface area contributed by atoms with Crippen molar-refractivity contribution in [2.45, 2.75) is 19.9 Å². The van der Waals surface area contributed by atoms with Gasteiger partial charge in [-0.15, -0.1) is 0 Å². The summed E-state index contributed by atoms with van der Waals surface area (Å²) >= 11 is 0. The Bertz CT molecular complexity index is 532. The van der Waals surface area contributed by atoms with Crippen LogP contribution in [0.4, 0.5) is 14.5 Å². The molecule has 0 heterocycles. The Morgan fingerprint density at radius 3 is 2.44 bits per heavy atom. The Labute approximate surface area is 105 Å². The van der Waals surface area contributed by atoms with Crippen LogP contribution in [0, 0.1) is 18.6 Å². The minimum Gasteiger partial charge on any atom is -0.378 e. The van der Waals surface area contributed by atoms with Crippen molar-refractivity contribution in [2.24, 2.45) is 0 Å². The minimum absolute atomic E-state index is 0.215. The Balaban J connectivity index is 2.21. The first-order valence-corrected chi connectivity index (χ1v) is 5.84. The largest absolute Gasteiger partial charge is 0.378 e. The summed E-state index contributed by atoms with van der Waals surface area (Å²) in [5.74, 6) is -0.552. The number of hydrogen-bond acceptors (Lipinski definition) is 1. The maximum absolute atomic E-state index is 13.6. The lowest BCUT2D eigenvalue weighted by Crippen LogP contribution is -2.08. The molecule has 0 radical (unpaired) electrons. The fraction of sp³-hybridized carbons (Fsp3) is 0.200. The van der Waals surface area contributed by atoms with Crippen LogP contribution in [0.2, 0.25) is 0 Å². The summed E-state index contributed by atoms with van der Waals surface area (Å²) in [6, 6.07) is 11.1. The van der Waals surface area contributed by atoms with Gasteiger partial charge in [0.1, 0.15) is 11.6 Å². The predicted octanol–water partition coefficient (Wildman–Crippen LogP) is 4.45. The number of aryl methyl sites for hydroxylation is 1. The first kappa shape index (κ1) is 12.6. The zero-order valence-corrected chi connectivity index (χ0v) is 10.4. The zero-order chi connectivity index (χ0) is 13.1. The molecule has 94 valence electrons. The highest BCUT2D eigenvalue weighted by atomic mass is 19.1. The molecule has 0 saturated carbocycles. The molecule has 1 unspecified atom stereocenters. The molecule has 0 aliphatic rings. The molecule has 0 bridgehead atoms. The van der Waals surface area contributed by atoms with Gasteiger partial charge in [0.15, 0.2) is 0 Å². The maximum atomic E-state index is 13.6. The molecule has 0 saturated heterocycles. The van der Waals surface area contributed by atoms with Crippen LogP contribution >= 0.6 is 0 Å². The summed E-state index contributed by atoms with van der Waals surface area (Å²) < 4.78 is 26.8. The number of halogens is 2. The third kappa shape index (κ3) is 2.86. The summed E-state index contributed by atoms with van der Waals surface area (Å²) in [4.78, 5) is 0. The molecule has 1 nitrogen and oxygen atoms in total. The molecular weight excluding hydrogens is 232 g/mol. The fourth-order valence-electron chi connectivity index (χ4n) is 1.97. The average molecular weight is 247 g/mol. The number of benzene rings is 2. The Morgan fingerprint density at radius 1 is 1.06 bits per heavy atom. The fourth-order valence-corrected chi connectivity index (χ4v) is 1.97. The summed E-state index contributed by atoms with van der Waals surface area (Å²) in [6.45, 7) is 3.67. The molecule has 0 amide bonds. The maximum Gasteiger partial charge on any atom is 0.128 e. The van der Waals surface area contributed by atoms with Gasteiger partial charge in [-0.25, -0.2) is 8.78 Å². The van der Waals surface area contributed by atoms with Gasteiger partial charge >= 0.3 is 0 Å². The van der Waals surface area contributed by atoms with Gasteiger partial charge in [0, 0.05) is 11.3 Å². The van der Waals surface area contributed by atoms with Crippen molar-refractivity contribution < 1.29 is 8.78 Å². The van der Waals surface area contributed by atoms with E-state index in [1.54, 1.807) is 18.2 Å². The number of nitrogens with one attached hydrogen (secondary N) is 1. The van der Waals surface area contributed by atoms with Crippen LogP contribution < -0.4 is 5.32 Å². The first-order chi connectivity index (χ1) is 8.56. The lowest BCUT2D eigenvalue weighted by Gasteiger charge is -2.16. The highest BCUT2D eigenvalue weighted by Gasteiger charge is 2.10. The molecule has 2 aromatic carbocycles. The number of anilines is 1. The van der Waals surface area contributed by atoms with Crippen LogP contribution in [-0.2, 0) is 0 Å². The Hall–Kier alpha value is -1.90. The second kappa shape index (κ2) is 5.17. The predicted molar refractivity (Wildman–Crippen MR) is 69.6 cm³/mol. The van der Waals surface area contributed by atoms with Crippen molar-refractivity contribution in [2.75, 3.05) is 5.32 Å². The molecule has 0 aliphatic carbocycles. The van der Waals surface area contributed by atoms with Gasteiger partial charge in [0.05, 0.1) is 6.04 Å². The third-order valence-corrected chi connectivity index (χ3v) is 2.80. The molecule has 0 aromatic heterocycles. The van der Waals surface area contributed by atoms with Crippen LogP contribution in [0.3, 0.4) is 0 Å². The number of rotatable bonds is 3. The van der Waals surface area contributed by atoms with Gasteiger partial charge in [0.2, 0.25) is 0 Å². The Kier molecular flexibility index (Phi) is 3.60. The first-order valence-electron chi connectivity index (χ1n) is 5.84. The van der Waals surface area contributed by atoms with Crippen molar-refractivity contribution >= 4 is 5.69 Å². The van der Waals surface area contributed by atoms with E-state index >= 15 is 0 Å². The second-order valence-electron chi connectivity index (χ2n) is 4.40. The molecule has 2 rings (SSSR count). The van der Waals surface area contributed by atoms with E-state index in [1.807, 2.05) is 19.9 Å². The number of hydrogen-bond donors (Lipinski definition) is 1. The molecule has 0 aliphatic heterocycles. The van der Waals surface area contributed by atoms with Gasteiger partial charge in [-0.1, -0.05) is 18.2 Å². The monoisotopic (exact) mass is 247 g/mol. The lowest BCUT2D eigenvalue weighted by atomic mass is 10.1. The quantitative estimate of drug-likeness (QED) is 0.845. The van der Waals surface area contributed by atoms with Gasteiger partial charge in [-0.2, -0.15) is 0 Å². The van der Waals surface area contributed by atoms with Gasteiger partial charge in [-0.3, -0.25) is 0 Å². The Morgan fingerprint density at radius 2 is 1.78 bits per heavy atom. The van der Waals surface area contributed by atoms with Gasteiger partial charge < -0.3 is 5.32 Å². The molecular formula is C15H15F2N. The van der Waals surface area contributed by atoms with Crippen LogP contribution in [0.25, 0.3) is 0 Å². The van der Waals surface area contributed by atoms with Crippen molar-refractivity contribution in [1.82, 2.24) is 0 Å². The molecule has 0 spiro atoms. The minimum atomic E-state index is -0.293. The van der Waals surface area contributed by atoms with Crippen LogP contribution in [-0.4, -0.2) is 0 Å². The average Bonchev–Trinajstić information content (AvgIpc) is 2.27. The molecule has 18 heavy (non-hydrogen) atoms. The van der Waals surface area contributed by atoms with Crippen LogP contribution in [0.5, 0.6) is 0 Å². The second-order valence-corrected chi connectivity index (χ2v) is 4.40. The lowest BCUT2D eigenvalue weighted by molar-refractivity contribution is 0.600. The van der Waals surface area contributed by atoms with Crippen molar-refractivity contribution in [3.8, 4) is 0 Å². The van der Waals surface area contributed by atoms with Gasteiger partial charge in [0.25, 0.3) is 0 Å². The molecule has 0 fully saturated rings. The smallest absolute Gasteiger partial charge is 0.128 e. The van der Waals surface area contributed by atoms with Crippen LogP contribution in [0.1, 0.15) is 24.1 Å². The van der Waals surface area contributed by atoms with E-state index in [9.17, 15) is 8.78 Å². The summed E-state index contributed by atoms with van der Waals surface area (Å²) in [7, 11) is 0. The van der Waals surface area contributed by atoms with Crippen LogP contribution in [0.15, 0.2) is 42.5 Å². The standard InChI is InChI=1S/C15H15F2N/c1-10-7-12(16)9-13(8-10)18-11(2)14-5-3-4-6-15(14)17/h3-9,11,18H,1-2H3. The summed E-state index contributed by atoms with van der Waals surface area (Å²) in [5, 5.41) is 3.10. The highest BCUT2D eigenvalue weighted by Crippen LogP contribution is 2.22. The topological polar surface area (TPSA) is 12.0 Å². The van der Waals surface area contributed by atoms with Gasteiger partial charge in [-0.05, 0) is 43.7 Å². The summed E-state index contributed by atoms with van der Waals surface area (Å²) in [6.07, 6.45) is 0. The molecule has 1 N–H and O–H groups in total. The molecule has 1 atom stereocenters. The highest BCUT2D eigenvalue weighted by molar-refractivity contribution is 5.48. The van der Waals surface area contributed by atoms with Crippen molar-refractivity contribution in [3.05, 3.63) is 65.2 Å². The SMILES string of the molecule is Cc1cc(F)cc(NC(C)c2ccccc2F)c1. The van der Waals surface area contributed by atoms with E-state index in [1.165, 1.54) is 18.2 Å². The third-order valence-electron chi connectivity index (χ3n) is 2.80. The van der Waals surface area contributed by atoms with E-state index in [0.29, 0.717) is 11.3 Å².